The van der Waals surface area contributed by atoms with Gasteiger partial charge in [0.1, 0.15) is 11.6 Å². The van der Waals surface area contributed by atoms with E-state index >= 15 is 0 Å². The Morgan fingerprint density at radius 1 is 1.17 bits per heavy atom. The maximum Gasteiger partial charge on any atom is 0.262 e. The molecule has 0 aliphatic heterocycles. The zero-order chi connectivity index (χ0) is 17.5. The van der Waals surface area contributed by atoms with Gasteiger partial charge in [0.2, 0.25) is 5.75 Å². The Morgan fingerprint density at radius 2 is 1.75 bits per heavy atom. The molecule has 2 rings (SSSR count). The molecule has 6 heteroatoms. The molecule has 0 aromatic heterocycles. The van der Waals surface area contributed by atoms with Crippen molar-refractivity contribution in [2.45, 2.75) is 31.7 Å². The number of benzene rings is 1. The first-order chi connectivity index (χ1) is 11.6. The fourth-order valence-electron chi connectivity index (χ4n) is 2.83. The molecule has 0 heterocycles. The van der Waals surface area contributed by atoms with Crippen LogP contribution < -0.4 is 19.5 Å². The Balaban J connectivity index is 2.29. The summed E-state index contributed by atoms with van der Waals surface area (Å²) in [4.78, 5) is 12.3. The average molecular weight is 330 g/mol. The number of ether oxygens (including phenoxy) is 3. The number of carbonyl (C=O) groups is 1. The van der Waals surface area contributed by atoms with Crippen LogP contribution in [0.1, 0.15) is 31.2 Å². The van der Waals surface area contributed by atoms with E-state index in [1.165, 1.54) is 27.4 Å². The lowest BCUT2D eigenvalue weighted by molar-refractivity contribution is -0.117. The number of nitrogens with one attached hydrogen (secondary N) is 1. The van der Waals surface area contributed by atoms with Gasteiger partial charge < -0.3 is 19.5 Å². The molecule has 0 bridgehead atoms. The molecule has 0 atom stereocenters. The third kappa shape index (κ3) is 3.99. The van der Waals surface area contributed by atoms with Crippen LogP contribution in [0.25, 0.3) is 6.08 Å². The number of methoxy groups -OCH3 is 3. The maximum absolute atomic E-state index is 12.3. The summed E-state index contributed by atoms with van der Waals surface area (Å²) in [6.45, 7) is 0. The molecule has 1 aromatic rings. The van der Waals surface area contributed by atoms with E-state index in [9.17, 15) is 10.1 Å². The third-order valence-electron chi connectivity index (χ3n) is 4.05. The SMILES string of the molecule is COc1cc(/C=C(\C#N)C(=O)NC2CCCC2)cc(OC)c1OC. The summed E-state index contributed by atoms with van der Waals surface area (Å²) in [7, 11) is 4.55. The highest BCUT2D eigenvalue weighted by atomic mass is 16.5. The smallest absolute Gasteiger partial charge is 0.262 e. The number of hydrogen-bond donors (Lipinski definition) is 1. The Morgan fingerprint density at radius 3 is 2.21 bits per heavy atom. The summed E-state index contributed by atoms with van der Waals surface area (Å²) in [5.41, 5.74) is 0.679. The highest BCUT2D eigenvalue weighted by Gasteiger charge is 2.20. The highest BCUT2D eigenvalue weighted by molar-refractivity contribution is 6.02. The monoisotopic (exact) mass is 330 g/mol. The summed E-state index contributed by atoms with van der Waals surface area (Å²) < 4.78 is 15.8. The van der Waals surface area contributed by atoms with Crippen molar-refractivity contribution in [3.05, 3.63) is 23.3 Å². The van der Waals surface area contributed by atoms with Crippen LogP contribution in [-0.4, -0.2) is 33.3 Å². The van der Waals surface area contributed by atoms with E-state index in [1.807, 2.05) is 6.07 Å². The largest absolute Gasteiger partial charge is 0.493 e. The first-order valence-electron chi connectivity index (χ1n) is 7.85. The molecule has 0 spiro atoms. The van der Waals surface area contributed by atoms with Crippen molar-refractivity contribution >= 4 is 12.0 Å². The topological polar surface area (TPSA) is 80.6 Å². The van der Waals surface area contributed by atoms with Crippen molar-refractivity contribution in [3.8, 4) is 23.3 Å². The first-order valence-corrected chi connectivity index (χ1v) is 7.85. The molecule has 128 valence electrons. The van der Waals surface area contributed by atoms with Crippen LogP contribution in [0.2, 0.25) is 0 Å². The Labute approximate surface area is 142 Å². The molecule has 1 N–H and O–H groups in total. The van der Waals surface area contributed by atoms with Gasteiger partial charge in [-0.1, -0.05) is 12.8 Å². The number of amides is 1. The van der Waals surface area contributed by atoms with Crippen LogP contribution in [0.5, 0.6) is 17.2 Å². The van der Waals surface area contributed by atoms with E-state index in [0.29, 0.717) is 22.8 Å². The van der Waals surface area contributed by atoms with E-state index < -0.39 is 0 Å². The van der Waals surface area contributed by atoms with Gasteiger partial charge in [0.05, 0.1) is 21.3 Å². The second-order valence-corrected chi connectivity index (χ2v) is 5.58. The van der Waals surface area contributed by atoms with Gasteiger partial charge in [0, 0.05) is 6.04 Å². The van der Waals surface area contributed by atoms with E-state index in [2.05, 4.69) is 5.32 Å². The second kappa shape index (κ2) is 8.25. The Kier molecular flexibility index (Phi) is 6.07. The minimum atomic E-state index is -0.349. The van der Waals surface area contributed by atoms with Gasteiger partial charge >= 0.3 is 0 Å². The fourth-order valence-corrected chi connectivity index (χ4v) is 2.83. The first kappa shape index (κ1) is 17.7. The molecule has 1 fully saturated rings. The predicted molar refractivity (Wildman–Crippen MR) is 90.1 cm³/mol. The van der Waals surface area contributed by atoms with Gasteiger partial charge in [-0.05, 0) is 36.6 Å². The minimum absolute atomic E-state index is 0.0520. The van der Waals surface area contributed by atoms with Crippen LogP contribution >= 0.6 is 0 Å². The van der Waals surface area contributed by atoms with Crippen molar-refractivity contribution in [1.82, 2.24) is 5.32 Å². The van der Waals surface area contributed by atoms with Gasteiger partial charge in [-0.15, -0.1) is 0 Å². The molecule has 24 heavy (non-hydrogen) atoms. The molecule has 1 aliphatic carbocycles. The van der Waals surface area contributed by atoms with E-state index in [-0.39, 0.29) is 17.5 Å². The van der Waals surface area contributed by atoms with Crippen LogP contribution in [-0.2, 0) is 4.79 Å². The van der Waals surface area contributed by atoms with Gasteiger partial charge in [0.15, 0.2) is 11.5 Å². The zero-order valence-corrected chi connectivity index (χ0v) is 14.2. The Bertz CT molecular complexity index is 645. The summed E-state index contributed by atoms with van der Waals surface area (Å²) in [6.07, 6.45) is 5.69. The Hall–Kier alpha value is -2.68. The lowest BCUT2D eigenvalue weighted by Crippen LogP contribution is -2.33. The lowest BCUT2D eigenvalue weighted by Gasteiger charge is -2.13. The maximum atomic E-state index is 12.3. The quantitative estimate of drug-likeness (QED) is 0.641. The molecule has 6 nitrogen and oxygen atoms in total. The van der Waals surface area contributed by atoms with Gasteiger partial charge in [-0.2, -0.15) is 5.26 Å². The van der Waals surface area contributed by atoms with E-state index in [4.69, 9.17) is 14.2 Å². The standard InChI is InChI=1S/C18H22N2O4/c1-22-15-9-12(10-16(23-2)17(15)24-3)8-13(11-19)18(21)20-14-6-4-5-7-14/h8-10,14H,4-7H2,1-3H3,(H,20,21)/b13-8+. The van der Waals surface area contributed by atoms with Gasteiger partial charge in [0.25, 0.3) is 5.91 Å². The predicted octanol–water partition coefficient (Wildman–Crippen LogP) is 2.68. The molecule has 1 amide bonds. The molecule has 0 saturated heterocycles. The fraction of sp³-hybridized carbons (Fsp3) is 0.444. The molecule has 0 unspecified atom stereocenters. The van der Waals surface area contributed by atoms with Crippen molar-refractivity contribution < 1.29 is 19.0 Å². The number of nitrogens with zero attached hydrogens (tertiary/aromatic N) is 1. The van der Waals surface area contributed by atoms with Crippen LogP contribution in [0.4, 0.5) is 0 Å². The van der Waals surface area contributed by atoms with Crippen LogP contribution in [0, 0.1) is 11.3 Å². The normalized spacial score (nSPS) is 14.8. The second-order valence-electron chi connectivity index (χ2n) is 5.58. The number of nitriles is 1. The molecule has 1 aromatic carbocycles. The van der Waals surface area contributed by atoms with Crippen LogP contribution in [0.15, 0.2) is 17.7 Å². The molecule has 0 radical (unpaired) electrons. The molecular weight excluding hydrogens is 308 g/mol. The van der Waals surface area contributed by atoms with E-state index in [0.717, 1.165) is 25.7 Å². The summed E-state index contributed by atoms with van der Waals surface area (Å²) in [5.74, 6) is 1.05. The zero-order valence-electron chi connectivity index (χ0n) is 14.2. The van der Waals surface area contributed by atoms with Crippen molar-refractivity contribution in [1.29, 1.82) is 5.26 Å². The summed E-state index contributed by atoms with van der Waals surface area (Å²) in [6, 6.07) is 5.52. The number of rotatable bonds is 6. The van der Waals surface area contributed by atoms with Crippen molar-refractivity contribution in [2.24, 2.45) is 0 Å². The van der Waals surface area contributed by atoms with Crippen molar-refractivity contribution in [2.75, 3.05) is 21.3 Å². The highest BCUT2D eigenvalue weighted by Crippen LogP contribution is 2.38. The number of hydrogen-bond acceptors (Lipinski definition) is 5. The molecule has 1 aliphatic rings. The van der Waals surface area contributed by atoms with Gasteiger partial charge in [-0.25, -0.2) is 0 Å². The van der Waals surface area contributed by atoms with Gasteiger partial charge in [-0.3, -0.25) is 4.79 Å². The molecule has 1 saturated carbocycles. The van der Waals surface area contributed by atoms with E-state index in [1.54, 1.807) is 12.1 Å². The van der Waals surface area contributed by atoms with Crippen LogP contribution in [0.3, 0.4) is 0 Å². The summed E-state index contributed by atoms with van der Waals surface area (Å²) in [5, 5.41) is 12.2. The minimum Gasteiger partial charge on any atom is -0.493 e. The average Bonchev–Trinajstić information content (AvgIpc) is 3.11. The summed E-state index contributed by atoms with van der Waals surface area (Å²) >= 11 is 0. The number of carbonyl (C=O) groups excluding carboxylic acids is 1. The third-order valence-corrected chi connectivity index (χ3v) is 4.05. The molecular formula is C18H22N2O4. The van der Waals surface area contributed by atoms with Crippen molar-refractivity contribution in [3.63, 3.8) is 0 Å². The lowest BCUT2D eigenvalue weighted by atomic mass is 10.1.